The fraction of sp³-hybridized carbons (Fsp3) is 0.736. The van der Waals surface area contributed by atoms with E-state index < -0.39 is 72.0 Å². The Kier molecular flexibility index (Phi) is 24.0. The number of hydrogen-bond donors (Lipinski definition) is 3. The third kappa shape index (κ3) is 16.7. The number of carbonyl (C=O) groups excluding carboxylic acids is 8. The molecule has 0 aliphatic carbocycles. The van der Waals surface area contributed by atoms with Crippen LogP contribution in [0.1, 0.15) is 131 Å². The lowest BCUT2D eigenvalue weighted by Crippen LogP contribution is -2.60. The van der Waals surface area contributed by atoms with Crippen molar-refractivity contribution in [1.82, 2.24) is 35.5 Å². The predicted octanol–water partition coefficient (Wildman–Crippen LogP) is 4.16. The number of nitrogens with one attached hydrogen (secondary N) is 2. The highest BCUT2D eigenvalue weighted by atomic mass is 16.7. The predicted molar refractivity (Wildman–Crippen MR) is 270 cm³/mol. The van der Waals surface area contributed by atoms with Crippen LogP contribution in [0.4, 0.5) is 0 Å². The molecule has 1 aromatic rings. The van der Waals surface area contributed by atoms with Gasteiger partial charge in [-0.25, -0.2) is 9.86 Å². The van der Waals surface area contributed by atoms with Crippen LogP contribution in [0.5, 0.6) is 5.75 Å². The number of ether oxygens (including phenoxy) is 2. The van der Waals surface area contributed by atoms with Crippen LogP contribution in [0.25, 0.3) is 0 Å². The first-order valence-corrected chi connectivity index (χ1v) is 26.4. The number of hydrogen-bond acceptors (Lipinski definition) is 14. The molecule has 20 heteroatoms. The number of benzene rings is 1. The number of nitrogens with zero attached hydrogens (tertiary/aromatic N) is 5. The zero-order valence-electron chi connectivity index (χ0n) is 45.3. The summed E-state index contributed by atoms with van der Waals surface area (Å²) in [5.41, 5.74) is 0.736. The van der Waals surface area contributed by atoms with E-state index in [-0.39, 0.29) is 79.2 Å². The van der Waals surface area contributed by atoms with Gasteiger partial charge in [0.05, 0.1) is 49.3 Å². The van der Waals surface area contributed by atoms with Crippen molar-refractivity contribution in [3.63, 3.8) is 0 Å². The van der Waals surface area contributed by atoms with Crippen molar-refractivity contribution in [2.45, 2.75) is 174 Å². The Morgan fingerprint density at radius 2 is 1.51 bits per heavy atom. The second kappa shape index (κ2) is 29.1. The van der Waals surface area contributed by atoms with E-state index in [4.69, 9.17) is 19.1 Å². The minimum atomic E-state index is -0.961. The molecule has 3 heterocycles. The Morgan fingerprint density at radius 3 is 2.08 bits per heavy atom. The van der Waals surface area contributed by atoms with Gasteiger partial charge in [-0.3, -0.25) is 43.3 Å². The first kappa shape index (κ1) is 60.4. The number of amides is 7. The summed E-state index contributed by atoms with van der Waals surface area (Å²) in [5.74, 6) is -4.55. The lowest BCUT2D eigenvalue weighted by atomic mass is 9.89. The summed E-state index contributed by atoms with van der Waals surface area (Å²) in [6, 6.07) is 3.00. The van der Waals surface area contributed by atoms with Gasteiger partial charge in [-0.1, -0.05) is 73.4 Å². The van der Waals surface area contributed by atoms with Crippen molar-refractivity contribution in [1.29, 1.82) is 0 Å². The van der Waals surface area contributed by atoms with Gasteiger partial charge in [0.1, 0.15) is 17.8 Å². The number of methoxy groups -OCH3 is 2. The van der Waals surface area contributed by atoms with Gasteiger partial charge in [-0.05, 0) is 87.6 Å². The fourth-order valence-electron chi connectivity index (χ4n) is 10.4. The van der Waals surface area contributed by atoms with Crippen LogP contribution in [-0.2, 0) is 63.9 Å². The normalized spacial score (nSPS) is 19.6. The third-order valence-corrected chi connectivity index (χ3v) is 14.7. The van der Waals surface area contributed by atoms with Crippen molar-refractivity contribution in [2.24, 2.45) is 23.7 Å². The van der Waals surface area contributed by atoms with Gasteiger partial charge in [0.15, 0.2) is 0 Å². The zero-order valence-corrected chi connectivity index (χ0v) is 45.3. The molecule has 3 aliphatic rings. The van der Waals surface area contributed by atoms with Crippen LogP contribution in [-0.4, -0.2) is 174 Å². The summed E-state index contributed by atoms with van der Waals surface area (Å²) in [4.78, 5) is 123. The SMILES string of the molecule is CC[C@H](C)C([C@@H](CC(=O)N1CCC[C@H]1[C@H](OC)[C@@H](C)C(=O)N[C@@H](Cc1ccc(O)cc1)C(=O)N1CCCCO1)OC)N(C)C(=O)[C@@H](NC(=O)[C@H](C(C)C)N(C)CCCCCC(=O)ON1C(=O)CCC1=O)C(C)C. The Hall–Kier alpha value is -5.18. The van der Waals surface area contributed by atoms with E-state index in [9.17, 15) is 43.5 Å². The molecule has 1 unspecified atom stereocenters. The Bertz CT molecular complexity index is 2000. The Balaban J connectivity index is 1.41. The number of imide groups is 1. The second-order valence-corrected chi connectivity index (χ2v) is 20.8. The molecule has 7 amide bonds. The maximum absolute atomic E-state index is 14.7. The van der Waals surface area contributed by atoms with Crippen LogP contribution >= 0.6 is 0 Å². The molecule has 1 aromatic carbocycles. The minimum absolute atomic E-state index is 0.0274. The smallest absolute Gasteiger partial charge is 0.333 e. The first-order valence-electron chi connectivity index (χ1n) is 26.4. The summed E-state index contributed by atoms with van der Waals surface area (Å²) in [6.45, 7) is 15.1. The van der Waals surface area contributed by atoms with Crippen LogP contribution in [0.3, 0.4) is 0 Å². The Labute approximate surface area is 432 Å². The summed E-state index contributed by atoms with van der Waals surface area (Å²) < 4.78 is 12.1. The monoisotopic (exact) mass is 1030 g/mol. The number of hydroxylamine groups is 4. The van der Waals surface area contributed by atoms with Crippen molar-refractivity contribution in [3.05, 3.63) is 29.8 Å². The highest BCUT2D eigenvalue weighted by Crippen LogP contribution is 2.30. The molecule has 0 spiro atoms. The van der Waals surface area contributed by atoms with E-state index in [2.05, 4.69) is 10.6 Å². The number of likely N-dealkylation sites (tertiary alicyclic amines) is 1. The summed E-state index contributed by atoms with van der Waals surface area (Å²) in [6.07, 6.45) is 4.02. The Morgan fingerprint density at radius 1 is 0.836 bits per heavy atom. The molecule has 0 radical (unpaired) electrons. The van der Waals surface area contributed by atoms with Gasteiger partial charge in [0.25, 0.3) is 17.7 Å². The lowest BCUT2D eigenvalue weighted by molar-refractivity contribution is -0.199. The maximum Gasteiger partial charge on any atom is 0.333 e. The average Bonchev–Trinajstić information content (AvgIpc) is 3.98. The van der Waals surface area contributed by atoms with E-state index in [1.54, 1.807) is 35.9 Å². The molecular weight excluding hydrogens is 943 g/mol. The van der Waals surface area contributed by atoms with Crippen LogP contribution < -0.4 is 10.6 Å². The van der Waals surface area contributed by atoms with E-state index >= 15 is 0 Å². The topological polar surface area (TPSA) is 234 Å². The van der Waals surface area contributed by atoms with Gasteiger partial charge in [0, 0.05) is 60.0 Å². The number of aromatic hydroxyl groups is 1. The second-order valence-electron chi connectivity index (χ2n) is 20.8. The quantitative estimate of drug-likeness (QED) is 0.0791. The molecule has 4 rings (SSSR count). The number of likely N-dealkylation sites (N-methyl/N-ethyl adjacent to an activating group) is 2. The summed E-state index contributed by atoms with van der Waals surface area (Å²) in [5, 5.41) is 17.7. The molecule has 20 nitrogen and oxygen atoms in total. The number of phenolic OH excluding ortho intramolecular Hbond substituents is 1. The van der Waals surface area contributed by atoms with Crippen LogP contribution in [0, 0.1) is 23.7 Å². The highest BCUT2D eigenvalue weighted by Gasteiger charge is 2.44. The fourth-order valence-corrected chi connectivity index (χ4v) is 10.4. The third-order valence-electron chi connectivity index (χ3n) is 14.7. The molecule has 9 atom stereocenters. The van der Waals surface area contributed by atoms with Crippen molar-refractivity contribution in [2.75, 3.05) is 54.6 Å². The molecule has 0 aromatic heterocycles. The molecule has 0 bridgehead atoms. The average molecular weight is 1030 g/mol. The standard InChI is InChI=1S/C53H85N7O13/c1-12-35(6)48(57(9)53(69)46(33(2)3)55-51(67)47(34(4)5)56(8)27-15-13-14-20-45(65)73-60-42(62)25-26-43(60)63)41(70-10)32-44(64)58-28-18-19-40(58)49(71-11)36(7)50(66)54-39(31-37-21-23-38(61)24-22-37)52(68)59-29-16-17-30-72-59/h21-24,33-36,39-41,46-49,61H,12-20,25-32H2,1-11H3,(H,54,66)(H,55,67)/t35-,36+,39-,40-,41+,46-,47-,48?,49+/m0/s1. The van der Waals surface area contributed by atoms with E-state index in [1.807, 2.05) is 53.5 Å². The molecule has 3 saturated heterocycles. The number of unbranched alkanes of at least 4 members (excludes halogenated alkanes) is 2. The summed E-state index contributed by atoms with van der Waals surface area (Å²) in [7, 11) is 6.58. The molecule has 3 aliphatic heterocycles. The van der Waals surface area contributed by atoms with Gasteiger partial charge in [-0.15, -0.1) is 5.06 Å². The van der Waals surface area contributed by atoms with Gasteiger partial charge >= 0.3 is 5.97 Å². The number of phenols is 1. The van der Waals surface area contributed by atoms with E-state index in [0.717, 1.165) is 18.4 Å². The molecule has 3 N–H and O–H groups in total. The minimum Gasteiger partial charge on any atom is -0.508 e. The summed E-state index contributed by atoms with van der Waals surface area (Å²) >= 11 is 0. The highest BCUT2D eigenvalue weighted by molar-refractivity contribution is 6.01. The molecule has 0 saturated carbocycles. The first-order chi connectivity index (χ1) is 34.6. The van der Waals surface area contributed by atoms with E-state index in [1.165, 1.54) is 31.4 Å². The molecule has 3 fully saturated rings. The zero-order chi connectivity index (χ0) is 54.1. The molecule has 73 heavy (non-hydrogen) atoms. The number of carbonyl (C=O) groups is 8. The molecule has 410 valence electrons. The van der Waals surface area contributed by atoms with Crippen LogP contribution in [0.15, 0.2) is 24.3 Å². The number of rotatable bonds is 28. The van der Waals surface area contributed by atoms with Crippen molar-refractivity contribution >= 4 is 47.3 Å². The maximum atomic E-state index is 14.7. The van der Waals surface area contributed by atoms with Gasteiger partial charge in [0.2, 0.25) is 23.6 Å². The van der Waals surface area contributed by atoms with E-state index in [0.29, 0.717) is 69.8 Å². The van der Waals surface area contributed by atoms with Gasteiger partial charge < -0.3 is 39.9 Å². The largest absolute Gasteiger partial charge is 0.508 e. The van der Waals surface area contributed by atoms with Crippen molar-refractivity contribution in [3.8, 4) is 5.75 Å². The van der Waals surface area contributed by atoms with Gasteiger partial charge in [-0.2, -0.15) is 0 Å². The molecular formula is C53H85N7O13. The van der Waals surface area contributed by atoms with Crippen molar-refractivity contribution < 1.29 is 62.6 Å². The lowest BCUT2D eigenvalue weighted by Gasteiger charge is -2.41. The van der Waals surface area contributed by atoms with Crippen LogP contribution in [0.2, 0.25) is 0 Å².